The summed E-state index contributed by atoms with van der Waals surface area (Å²) in [6, 6.07) is 0. The van der Waals surface area contributed by atoms with Crippen molar-refractivity contribution in [2.45, 2.75) is 39.7 Å². The van der Waals surface area contributed by atoms with Crippen molar-refractivity contribution in [1.29, 1.82) is 0 Å². The lowest BCUT2D eigenvalue weighted by Crippen LogP contribution is -2.36. The first-order valence-electron chi connectivity index (χ1n) is 5.00. The number of hydrogen-bond acceptors (Lipinski definition) is 5. The maximum atomic E-state index is 11.2. The topological polar surface area (TPSA) is 81.7 Å². The molecule has 0 heterocycles. The molecule has 1 amide bonds. The van der Waals surface area contributed by atoms with E-state index in [2.05, 4.69) is 9.50 Å². The molecule has 0 aliphatic carbocycles. The normalized spacial score (nSPS) is 12.2. The van der Waals surface area contributed by atoms with Crippen molar-refractivity contribution in [3.05, 3.63) is 0 Å². The number of amides is 1. The van der Waals surface area contributed by atoms with E-state index in [1.165, 1.54) is 0 Å². The zero-order valence-electron chi connectivity index (χ0n) is 10.1. The minimum absolute atomic E-state index is 0.109. The van der Waals surface area contributed by atoms with Crippen LogP contribution in [-0.4, -0.2) is 32.6 Å². The van der Waals surface area contributed by atoms with Crippen LogP contribution in [0, 0.1) is 0 Å². The molecule has 6 nitrogen and oxygen atoms in total. The Balaban J connectivity index is 4.01. The average Bonchev–Trinajstić information content (AvgIpc) is 2.09. The third kappa shape index (κ3) is 8.49. The maximum Gasteiger partial charge on any atom is 0.408 e. The van der Waals surface area contributed by atoms with Gasteiger partial charge in [0, 0.05) is 0 Å². The molecule has 16 heavy (non-hydrogen) atoms. The van der Waals surface area contributed by atoms with Crippen molar-refractivity contribution < 1.29 is 22.1 Å². The number of carbonyl (C=O) groups excluding carboxylic acids is 1. The summed E-state index contributed by atoms with van der Waals surface area (Å²) in [4.78, 5) is 11.1. The van der Waals surface area contributed by atoms with Gasteiger partial charge in [-0.1, -0.05) is 6.92 Å². The van der Waals surface area contributed by atoms with Gasteiger partial charge in [0.15, 0.2) is 0 Å². The molecule has 0 fully saturated rings. The molecular weight excluding hydrogens is 234 g/mol. The molecule has 96 valence electrons. The number of carbonyl (C=O) groups is 1. The summed E-state index contributed by atoms with van der Waals surface area (Å²) in [5.74, 6) is -0.581. The van der Waals surface area contributed by atoms with E-state index in [1.807, 2.05) is 0 Å². The summed E-state index contributed by atoms with van der Waals surface area (Å²) in [5, 5.41) is 2.11. The van der Waals surface area contributed by atoms with Gasteiger partial charge in [0.1, 0.15) is 11.5 Å². The highest BCUT2D eigenvalue weighted by Gasteiger charge is 2.18. The summed E-state index contributed by atoms with van der Waals surface area (Å²) in [5.41, 5.74) is -0.655. The Hall–Kier alpha value is -0.820. The van der Waals surface area contributed by atoms with Crippen LogP contribution in [0.4, 0.5) is 4.79 Å². The number of alkyl carbamates (subject to hydrolysis) is 1. The van der Waals surface area contributed by atoms with Crippen LogP contribution in [0.5, 0.6) is 0 Å². The number of hydrogen-bond donors (Lipinski definition) is 1. The van der Waals surface area contributed by atoms with Crippen LogP contribution in [0.1, 0.15) is 34.1 Å². The first-order chi connectivity index (χ1) is 7.16. The Kier molecular flexibility index (Phi) is 5.74. The van der Waals surface area contributed by atoms with Crippen LogP contribution >= 0.6 is 0 Å². The lowest BCUT2D eigenvalue weighted by molar-refractivity contribution is 0.0535. The molecule has 0 aromatic carbocycles. The molecule has 0 unspecified atom stereocenters. The Labute approximate surface area is 96.4 Å². The van der Waals surface area contributed by atoms with E-state index >= 15 is 0 Å². The lowest BCUT2D eigenvalue weighted by atomic mass is 10.2. The van der Waals surface area contributed by atoms with Gasteiger partial charge in [0.25, 0.3) is 10.1 Å². The zero-order valence-corrected chi connectivity index (χ0v) is 10.9. The van der Waals surface area contributed by atoms with Gasteiger partial charge in [-0.3, -0.25) is 4.18 Å². The molecule has 0 aromatic heterocycles. The Morgan fingerprint density at radius 1 is 1.31 bits per heavy atom. The molecule has 0 saturated carbocycles. The van der Waals surface area contributed by atoms with Crippen LogP contribution in [0.3, 0.4) is 0 Å². The number of ether oxygens (including phenoxy) is 1. The molecular formula is C9H19NO5S. The summed E-state index contributed by atoms with van der Waals surface area (Å²) < 4.78 is 31.8. The Morgan fingerprint density at radius 2 is 1.88 bits per heavy atom. The highest BCUT2D eigenvalue weighted by atomic mass is 32.2. The third-order valence-corrected chi connectivity index (χ3v) is 2.28. The fourth-order valence-corrected chi connectivity index (χ4v) is 1.51. The quantitative estimate of drug-likeness (QED) is 0.745. The van der Waals surface area contributed by atoms with E-state index in [1.54, 1.807) is 27.7 Å². The monoisotopic (exact) mass is 253 g/mol. The standard InChI is InChI=1S/C9H19NO5S/c1-5-6-14-16(12,13)7-10-8(11)15-9(2,3)4/h5-7H2,1-4H3,(H,10,11). The van der Waals surface area contributed by atoms with Gasteiger partial charge in [0.2, 0.25) is 0 Å². The SMILES string of the molecule is CCCOS(=O)(=O)CNC(=O)OC(C)(C)C. The van der Waals surface area contributed by atoms with E-state index in [0.29, 0.717) is 6.42 Å². The van der Waals surface area contributed by atoms with Crippen LogP contribution in [-0.2, 0) is 19.0 Å². The van der Waals surface area contributed by atoms with Crippen molar-refractivity contribution in [2.75, 3.05) is 12.5 Å². The maximum absolute atomic E-state index is 11.2. The Bertz CT molecular complexity index is 317. The first-order valence-corrected chi connectivity index (χ1v) is 6.58. The highest BCUT2D eigenvalue weighted by Crippen LogP contribution is 2.06. The largest absolute Gasteiger partial charge is 0.444 e. The fourth-order valence-electron chi connectivity index (χ4n) is 0.713. The summed E-state index contributed by atoms with van der Waals surface area (Å²) in [6.45, 7) is 6.97. The van der Waals surface area contributed by atoms with E-state index in [0.717, 1.165) is 0 Å². The molecule has 0 spiro atoms. The summed E-state index contributed by atoms with van der Waals surface area (Å²) in [7, 11) is -3.71. The molecule has 1 N–H and O–H groups in total. The molecule has 0 aromatic rings. The van der Waals surface area contributed by atoms with Gasteiger partial charge in [-0.25, -0.2) is 4.79 Å². The predicted molar refractivity (Wildman–Crippen MR) is 59.4 cm³/mol. The molecule has 0 saturated heterocycles. The minimum atomic E-state index is -3.71. The van der Waals surface area contributed by atoms with Crippen LogP contribution in [0.2, 0.25) is 0 Å². The number of nitrogens with one attached hydrogen (secondary N) is 1. The van der Waals surface area contributed by atoms with Gasteiger partial charge in [-0.05, 0) is 27.2 Å². The third-order valence-electron chi connectivity index (χ3n) is 1.26. The van der Waals surface area contributed by atoms with Crippen molar-refractivity contribution in [2.24, 2.45) is 0 Å². The van der Waals surface area contributed by atoms with Crippen LogP contribution in [0.25, 0.3) is 0 Å². The summed E-state index contributed by atoms with van der Waals surface area (Å²) >= 11 is 0. The van der Waals surface area contributed by atoms with E-state index in [9.17, 15) is 13.2 Å². The van der Waals surface area contributed by atoms with Crippen molar-refractivity contribution in [1.82, 2.24) is 5.32 Å². The summed E-state index contributed by atoms with van der Waals surface area (Å²) in [6.07, 6.45) is -0.192. The van der Waals surface area contributed by atoms with Crippen LogP contribution in [0.15, 0.2) is 0 Å². The zero-order chi connectivity index (χ0) is 12.8. The van der Waals surface area contributed by atoms with Gasteiger partial charge >= 0.3 is 6.09 Å². The Morgan fingerprint density at radius 3 is 2.31 bits per heavy atom. The van der Waals surface area contributed by atoms with Crippen molar-refractivity contribution >= 4 is 16.2 Å². The lowest BCUT2D eigenvalue weighted by Gasteiger charge is -2.19. The van der Waals surface area contributed by atoms with E-state index in [4.69, 9.17) is 4.74 Å². The van der Waals surface area contributed by atoms with E-state index in [-0.39, 0.29) is 6.61 Å². The van der Waals surface area contributed by atoms with Gasteiger partial charge < -0.3 is 10.1 Å². The van der Waals surface area contributed by atoms with Crippen LogP contribution < -0.4 is 5.32 Å². The first kappa shape index (κ1) is 15.2. The van der Waals surface area contributed by atoms with Gasteiger partial charge in [-0.15, -0.1) is 0 Å². The molecule has 0 bridgehead atoms. The van der Waals surface area contributed by atoms with Gasteiger partial charge in [0.05, 0.1) is 6.61 Å². The van der Waals surface area contributed by atoms with Crippen molar-refractivity contribution in [3.8, 4) is 0 Å². The fraction of sp³-hybridized carbons (Fsp3) is 0.889. The molecule has 7 heteroatoms. The molecule has 0 radical (unpaired) electrons. The van der Waals surface area contributed by atoms with Gasteiger partial charge in [-0.2, -0.15) is 8.42 Å². The smallest absolute Gasteiger partial charge is 0.408 e. The predicted octanol–water partition coefficient (Wildman–Crippen LogP) is 1.22. The molecule has 0 aliphatic rings. The minimum Gasteiger partial charge on any atom is -0.444 e. The van der Waals surface area contributed by atoms with Crippen molar-refractivity contribution in [3.63, 3.8) is 0 Å². The second kappa shape index (κ2) is 6.05. The van der Waals surface area contributed by atoms with E-state index < -0.39 is 27.7 Å². The molecule has 0 aliphatic heterocycles. The average molecular weight is 253 g/mol. The number of rotatable bonds is 5. The molecule has 0 atom stereocenters. The second-order valence-corrected chi connectivity index (χ2v) is 5.84. The molecule has 0 rings (SSSR count). The highest BCUT2D eigenvalue weighted by molar-refractivity contribution is 7.86. The second-order valence-electron chi connectivity index (χ2n) is 4.20.